The summed E-state index contributed by atoms with van der Waals surface area (Å²) >= 11 is 5.88. The van der Waals surface area contributed by atoms with Crippen molar-refractivity contribution in [2.45, 2.75) is 69.2 Å². The average molecular weight is 402 g/mol. The van der Waals surface area contributed by atoms with Gasteiger partial charge in [0.25, 0.3) is 0 Å². The first kappa shape index (κ1) is 19.1. The van der Waals surface area contributed by atoms with Crippen LogP contribution in [0, 0.1) is 23.0 Å². The zero-order chi connectivity index (χ0) is 19.4. The second kappa shape index (κ2) is 6.66. The summed E-state index contributed by atoms with van der Waals surface area (Å²) in [6.45, 7) is 0. The maximum absolute atomic E-state index is 14.8. The molecule has 0 aliphatic heterocycles. The van der Waals surface area contributed by atoms with Gasteiger partial charge < -0.3 is 10.4 Å². The Bertz CT molecular complexity index is 764. The molecule has 2 N–H and O–H groups in total. The minimum absolute atomic E-state index is 0.184. The van der Waals surface area contributed by atoms with Crippen LogP contribution >= 0.6 is 11.6 Å². The van der Waals surface area contributed by atoms with Crippen LogP contribution in [0.4, 0.5) is 13.2 Å². The molecule has 1 aromatic rings. The number of halogens is 4. The van der Waals surface area contributed by atoms with Gasteiger partial charge >= 0.3 is 0 Å². The number of fused-ring (bicyclic) bond motifs is 2. The van der Waals surface area contributed by atoms with E-state index in [2.05, 4.69) is 5.32 Å². The first-order valence-electron chi connectivity index (χ1n) is 9.54. The van der Waals surface area contributed by atoms with Gasteiger partial charge in [0.2, 0.25) is 5.91 Å². The van der Waals surface area contributed by atoms with Gasteiger partial charge in [-0.05, 0) is 68.9 Å². The Morgan fingerprint density at radius 2 is 1.93 bits per heavy atom. The molecule has 3 nitrogen and oxygen atoms in total. The second-order valence-corrected chi connectivity index (χ2v) is 8.96. The van der Waals surface area contributed by atoms with E-state index in [4.69, 9.17) is 11.6 Å². The van der Waals surface area contributed by atoms with Gasteiger partial charge in [0, 0.05) is 11.5 Å². The lowest BCUT2D eigenvalue weighted by Crippen LogP contribution is -2.42. The third kappa shape index (κ3) is 3.25. The summed E-state index contributed by atoms with van der Waals surface area (Å²) in [5.41, 5.74) is -2.31. The molecule has 3 atom stereocenters. The molecule has 3 aliphatic rings. The number of aliphatic hydroxyl groups is 1. The minimum Gasteiger partial charge on any atom is -0.393 e. The summed E-state index contributed by atoms with van der Waals surface area (Å²) in [4.78, 5) is 12.8. The molecule has 4 rings (SSSR count). The van der Waals surface area contributed by atoms with E-state index in [1.54, 1.807) is 0 Å². The van der Waals surface area contributed by atoms with Crippen molar-refractivity contribution in [3.63, 3.8) is 0 Å². The van der Waals surface area contributed by atoms with Gasteiger partial charge in [0.05, 0.1) is 17.2 Å². The average Bonchev–Trinajstić information content (AvgIpc) is 3.30. The number of benzene rings is 1. The number of rotatable bonds is 4. The van der Waals surface area contributed by atoms with Crippen molar-refractivity contribution in [3.05, 3.63) is 34.4 Å². The van der Waals surface area contributed by atoms with Crippen LogP contribution in [0.15, 0.2) is 12.1 Å². The molecule has 7 heteroatoms. The highest BCUT2D eigenvalue weighted by atomic mass is 35.5. The largest absolute Gasteiger partial charge is 0.393 e. The summed E-state index contributed by atoms with van der Waals surface area (Å²) in [6.07, 6.45) is 2.65. The highest BCUT2D eigenvalue weighted by molar-refractivity contribution is 6.30. The molecule has 2 bridgehead atoms. The Hall–Kier alpha value is -1.27. The highest BCUT2D eigenvalue weighted by Gasteiger charge is 2.59. The molecule has 0 aromatic heterocycles. The fraction of sp³-hybridized carbons (Fsp3) is 0.650. The summed E-state index contributed by atoms with van der Waals surface area (Å²) in [6, 6.07) is 1.26. The van der Waals surface area contributed by atoms with Gasteiger partial charge in [-0.3, -0.25) is 4.79 Å². The molecule has 27 heavy (non-hydrogen) atoms. The smallest absolute Gasteiger partial charge is 0.223 e. The molecule has 148 valence electrons. The van der Waals surface area contributed by atoms with E-state index < -0.39 is 40.8 Å². The first-order valence-corrected chi connectivity index (χ1v) is 9.92. The second-order valence-electron chi connectivity index (χ2n) is 8.55. The zero-order valence-electron chi connectivity index (χ0n) is 14.9. The minimum atomic E-state index is -1.32. The molecule has 0 heterocycles. The maximum atomic E-state index is 14.8. The monoisotopic (exact) mass is 401 g/mol. The number of amides is 1. The van der Waals surface area contributed by atoms with E-state index in [0.717, 1.165) is 12.1 Å². The zero-order valence-corrected chi connectivity index (χ0v) is 15.7. The SMILES string of the molecule is O=C(N[C@H](c1c(F)ccc(Cl)c1F)C12CCC(F)(CC1)C2)[C@H]1CC[C@H](O)C1. The molecule has 1 aromatic carbocycles. The Kier molecular flexibility index (Phi) is 4.70. The summed E-state index contributed by atoms with van der Waals surface area (Å²) < 4.78 is 44.3. The predicted molar refractivity (Wildman–Crippen MR) is 95.0 cm³/mol. The fourth-order valence-electron chi connectivity index (χ4n) is 5.37. The summed E-state index contributed by atoms with van der Waals surface area (Å²) in [7, 11) is 0. The third-order valence-corrected chi connectivity index (χ3v) is 7.15. The van der Waals surface area contributed by atoms with E-state index in [9.17, 15) is 23.1 Å². The Labute approximate surface area is 161 Å². The number of hydrogen-bond donors (Lipinski definition) is 2. The lowest BCUT2D eigenvalue weighted by molar-refractivity contribution is -0.127. The Morgan fingerprint density at radius 1 is 1.22 bits per heavy atom. The van der Waals surface area contributed by atoms with Gasteiger partial charge in [0.1, 0.15) is 17.3 Å². The van der Waals surface area contributed by atoms with Crippen LogP contribution in [0.25, 0.3) is 0 Å². The van der Waals surface area contributed by atoms with Crippen molar-refractivity contribution in [2.24, 2.45) is 11.3 Å². The lowest BCUT2D eigenvalue weighted by atomic mass is 9.74. The van der Waals surface area contributed by atoms with Crippen molar-refractivity contribution >= 4 is 17.5 Å². The van der Waals surface area contributed by atoms with Gasteiger partial charge in [0.15, 0.2) is 0 Å². The lowest BCUT2D eigenvalue weighted by Gasteiger charge is -2.37. The van der Waals surface area contributed by atoms with Crippen molar-refractivity contribution in [3.8, 4) is 0 Å². The molecule has 0 spiro atoms. The van der Waals surface area contributed by atoms with E-state index >= 15 is 0 Å². The van der Waals surface area contributed by atoms with Crippen LogP contribution in [0.5, 0.6) is 0 Å². The molecule has 0 unspecified atom stereocenters. The Balaban J connectivity index is 1.71. The fourth-order valence-corrected chi connectivity index (χ4v) is 5.53. The molecular formula is C20H23ClF3NO2. The van der Waals surface area contributed by atoms with Crippen LogP contribution in [0.2, 0.25) is 5.02 Å². The van der Waals surface area contributed by atoms with Crippen molar-refractivity contribution in [2.75, 3.05) is 0 Å². The van der Waals surface area contributed by atoms with E-state index in [1.165, 1.54) is 0 Å². The quantitative estimate of drug-likeness (QED) is 0.724. The highest BCUT2D eigenvalue weighted by Crippen LogP contribution is 2.63. The molecular weight excluding hydrogens is 379 g/mol. The number of nitrogens with one attached hydrogen (secondary N) is 1. The van der Waals surface area contributed by atoms with E-state index in [0.29, 0.717) is 44.9 Å². The number of carbonyl (C=O) groups excluding carboxylic acids is 1. The molecule has 3 fully saturated rings. The third-order valence-electron chi connectivity index (χ3n) is 6.85. The summed E-state index contributed by atoms with van der Waals surface area (Å²) in [5, 5.41) is 12.3. The van der Waals surface area contributed by atoms with E-state index in [-0.39, 0.29) is 22.9 Å². The molecule has 1 amide bonds. The molecule has 3 saturated carbocycles. The van der Waals surface area contributed by atoms with Gasteiger partial charge in [-0.2, -0.15) is 0 Å². The van der Waals surface area contributed by atoms with Crippen LogP contribution < -0.4 is 5.32 Å². The number of alkyl halides is 1. The predicted octanol–water partition coefficient (Wildman–Crippen LogP) is 4.61. The topological polar surface area (TPSA) is 49.3 Å². The molecule has 0 radical (unpaired) electrons. The van der Waals surface area contributed by atoms with Crippen molar-refractivity contribution in [1.82, 2.24) is 5.32 Å². The first-order chi connectivity index (χ1) is 12.7. The Morgan fingerprint density at radius 3 is 2.48 bits per heavy atom. The molecule has 3 aliphatic carbocycles. The van der Waals surface area contributed by atoms with Crippen molar-refractivity contribution in [1.29, 1.82) is 0 Å². The van der Waals surface area contributed by atoms with Crippen LogP contribution in [-0.4, -0.2) is 22.8 Å². The normalized spacial score (nSPS) is 36.2. The number of hydrogen-bond acceptors (Lipinski definition) is 2. The summed E-state index contributed by atoms with van der Waals surface area (Å²) in [5.74, 6) is -2.42. The van der Waals surface area contributed by atoms with Crippen LogP contribution in [0.1, 0.15) is 63.0 Å². The van der Waals surface area contributed by atoms with Crippen molar-refractivity contribution < 1.29 is 23.1 Å². The van der Waals surface area contributed by atoms with Crippen LogP contribution in [0.3, 0.4) is 0 Å². The van der Waals surface area contributed by atoms with E-state index in [1.807, 2.05) is 0 Å². The molecule has 0 saturated heterocycles. The number of aliphatic hydroxyl groups excluding tert-OH is 1. The van der Waals surface area contributed by atoms with Gasteiger partial charge in [-0.25, -0.2) is 13.2 Å². The maximum Gasteiger partial charge on any atom is 0.223 e. The van der Waals surface area contributed by atoms with Gasteiger partial charge in [-0.15, -0.1) is 0 Å². The van der Waals surface area contributed by atoms with Crippen LogP contribution in [-0.2, 0) is 4.79 Å². The standard InChI is InChI=1S/C20H23ClF3NO2/c21-13-3-4-14(22)15(16(13)23)17(19-5-7-20(24,10-19)8-6-19)25-18(27)11-1-2-12(26)9-11/h3-4,11-12,17,26H,1-2,5-10H2,(H,25,27)/t11-,12-,17+,19?,20?/m0/s1. The van der Waals surface area contributed by atoms with Gasteiger partial charge in [-0.1, -0.05) is 11.6 Å². The number of carbonyl (C=O) groups is 1.